The van der Waals surface area contributed by atoms with Crippen molar-refractivity contribution in [1.82, 2.24) is 10.4 Å². The van der Waals surface area contributed by atoms with Gasteiger partial charge in [0, 0.05) is 12.0 Å². The van der Waals surface area contributed by atoms with Gasteiger partial charge in [-0.15, -0.1) is 0 Å². The number of amides is 2. The summed E-state index contributed by atoms with van der Waals surface area (Å²) in [5.41, 5.74) is 3.71. The van der Waals surface area contributed by atoms with Gasteiger partial charge in [-0.1, -0.05) is 24.3 Å². The van der Waals surface area contributed by atoms with Crippen molar-refractivity contribution in [2.75, 3.05) is 0 Å². The minimum atomic E-state index is -0.853. The third-order valence-corrected chi connectivity index (χ3v) is 3.40. The van der Waals surface area contributed by atoms with Crippen LogP contribution in [-0.2, 0) is 15.9 Å². The topological polar surface area (TPSA) is 84.9 Å². The highest BCUT2D eigenvalue weighted by molar-refractivity contribution is 6.05. The van der Waals surface area contributed by atoms with Crippen LogP contribution in [-0.4, -0.2) is 41.2 Å². The highest BCUT2D eigenvalue weighted by Crippen LogP contribution is 2.25. The van der Waals surface area contributed by atoms with Gasteiger partial charge in [-0.25, -0.2) is 20.0 Å². The van der Waals surface area contributed by atoms with E-state index in [9.17, 15) is 14.4 Å². The highest BCUT2D eigenvalue weighted by Gasteiger charge is 2.39. The van der Waals surface area contributed by atoms with Crippen LogP contribution in [0, 0.1) is 0 Å². The number of ether oxygens (including phenoxy) is 2. The molecule has 0 saturated carbocycles. The van der Waals surface area contributed by atoms with E-state index in [1.54, 1.807) is 39.8 Å². The van der Waals surface area contributed by atoms with Gasteiger partial charge in [0.05, 0.1) is 12.2 Å². The van der Waals surface area contributed by atoms with E-state index in [4.69, 9.17) is 9.47 Å². The molecule has 0 radical (unpaired) electrons. The Balaban J connectivity index is 2.21. The zero-order valence-electron chi connectivity index (χ0n) is 14.2. The Morgan fingerprint density at radius 1 is 1.12 bits per heavy atom. The van der Waals surface area contributed by atoms with Crippen LogP contribution in [0.5, 0.6) is 0 Å². The molecule has 0 spiro atoms. The Bertz CT molecular complexity index is 642. The van der Waals surface area contributed by atoms with Gasteiger partial charge in [-0.3, -0.25) is 4.79 Å². The van der Waals surface area contributed by atoms with E-state index >= 15 is 0 Å². The molecule has 0 bridgehead atoms. The van der Waals surface area contributed by atoms with E-state index in [-0.39, 0.29) is 18.0 Å². The Hall–Kier alpha value is -2.57. The van der Waals surface area contributed by atoms with E-state index in [0.29, 0.717) is 12.0 Å². The summed E-state index contributed by atoms with van der Waals surface area (Å²) in [5, 5.41) is 0.924. The second kappa shape index (κ2) is 7.33. The van der Waals surface area contributed by atoms with Gasteiger partial charge in [-0.05, 0) is 33.3 Å². The van der Waals surface area contributed by atoms with Gasteiger partial charge in [0.25, 0.3) is 0 Å². The summed E-state index contributed by atoms with van der Waals surface area (Å²) in [5.74, 6) is -0.240. The predicted molar refractivity (Wildman–Crippen MR) is 86.5 cm³/mol. The van der Waals surface area contributed by atoms with Crippen molar-refractivity contribution in [3.63, 3.8) is 0 Å². The number of nitrogens with zero attached hydrogens (tertiary/aromatic N) is 1. The molecule has 2 rings (SSSR count). The van der Waals surface area contributed by atoms with Crippen LogP contribution in [0.25, 0.3) is 0 Å². The minimum absolute atomic E-state index is 0.240. The standard InChI is InChI=1S/C17H22N2O5/c1-10(2)23-16(21)18-19(17(22)24-11(3)4)14-9-12-7-5-6-8-13(12)15(14)20/h5-8,10-11,14H,9H2,1-4H3,(H,18,21)/t14-/m0/s1. The Labute approximate surface area is 140 Å². The minimum Gasteiger partial charge on any atom is -0.446 e. The lowest BCUT2D eigenvalue weighted by Gasteiger charge is -2.28. The number of hydrazine groups is 1. The lowest BCUT2D eigenvalue weighted by molar-refractivity contribution is 0.0315. The summed E-state index contributed by atoms with van der Waals surface area (Å²) in [6.07, 6.45) is -2.04. The quantitative estimate of drug-likeness (QED) is 0.859. The van der Waals surface area contributed by atoms with Gasteiger partial charge < -0.3 is 9.47 Å². The first-order chi connectivity index (χ1) is 11.3. The zero-order chi connectivity index (χ0) is 17.9. The van der Waals surface area contributed by atoms with Crippen molar-refractivity contribution in [3.8, 4) is 0 Å². The molecular weight excluding hydrogens is 312 g/mol. The van der Waals surface area contributed by atoms with Crippen LogP contribution in [0.15, 0.2) is 24.3 Å². The van der Waals surface area contributed by atoms with Crippen LogP contribution in [0.2, 0.25) is 0 Å². The molecule has 1 aromatic rings. The smallest absolute Gasteiger partial charge is 0.429 e. The van der Waals surface area contributed by atoms with Crippen molar-refractivity contribution in [2.45, 2.75) is 52.4 Å². The molecular formula is C17H22N2O5. The average molecular weight is 334 g/mol. The van der Waals surface area contributed by atoms with Crippen molar-refractivity contribution < 1.29 is 23.9 Å². The van der Waals surface area contributed by atoms with E-state index < -0.39 is 18.2 Å². The van der Waals surface area contributed by atoms with E-state index in [1.165, 1.54) is 0 Å². The molecule has 2 amide bonds. The molecule has 7 nitrogen and oxygen atoms in total. The second-order valence-electron chi connectivity index (χ2n) is 6.11. The lowest BCUT2D eigenvalue weighted by atomic mass is 10.1. The lowest BCUT2D eigenvalue weighted by Crippen LogP contribution is -2.55. The Kier molecular flexibility index (Phi) is 5.43. The molecule has 0 aromatic heterocycles. The second-order valence-corrected chi connectivity index (χ2v) is 6.11. The Morgan fingerprint density at radius 2 is 1.75 bits per heavy atom. The number of carbonyl (C=O) groups is 3. The summed E-state index contributed by atoms with van der Waals surface area (Å²) in [4.78, 5) is 36.8. The zero-order valence-corrected chi connectivity index (χ0v) is 14.2. The number of hydrogen-bond donors (Lipinski definition) is 1. The number of rotatable bonds is 3. The molecule has 0 unspecified atom stereocenters. The molecule has 24 heavy (non-hydrogen) atoms. The average Bonchev–Trinajstić information content (AvgIpc) is 2.81. The maximum absolute atomic E-state index is 12.6. The van der Waals surface area contributed by atoms with Gasteiger partial charge in [-0.2, -0.15) is 0 Å². The molecule has 1 aliphatic rings. The summed E-state index contributed by atoms with van der Waals surface area (Å²) in [6, 6.07) is 6.26. The summed E-state index contributed by atoms with van der Waals surface area (Å²) < 4.78 is 10.1. The molecule has 0 fully saturated rings. The number of carbonyl (C=O) groups excluding carboxylic acids is 3. The van der Waals surface area contributed by atoms with Crippen molar-refractivity contribution in [2.24, 2.45) is 0 Å². The van der Waals surface area contributed by atoms with Crippen LogP contribution < -0.4 is 5.43 Å². The largest absolute Gasteiger partial charge is 0.446 e. The molecule has 130 valence electrons. The maximum Gasteiger partial charge on any atom is 0.429 e. The van der Waals surface area contributed by atoms with Gasteiger partial charge >= 0.3 is 12.2 Å². The van der Waals surface area contributed by atoms with Gasteiger partial charge in [0.15, 0.2) is 5.78 Å². The van der Waals surface area contributed by atoms with Crippen molar-refractivity contribution in [1.29, 1.82) is 0 Å². The molecule has 7 heteroatoms. The molecule has 1 aliphatic carbocycles. The third-order valence-electron chi connectivity index (χ3n) is 3.40. The molecule has 1 N–H and O–H groups in total. The fourth-order valence-corrected chi connectivity index (χ4v) is 2.48. The molecule has 0 aliphatic heterocycles. The van der Waals surface area contributed by atoms with Crippen LogP contribution in [0.3, 0.4) is 0 Å². The number of ketones is 1. The van der Waals surface area contributed by atoms with Crippen LogP contribution in [0.4, 0.5) is 9.59 Å². The number of Topliss-reactive ketones (excluding diaryl/α,β-unsaturated/α-hetero) is 1. The number of nitrogens with one attached hydrogen (secondary N) is 1. The monoisotopic (exact) mass is 334 g/mol. The summed E-state index contributed by atoms with van der Waals surface area (Å²) in [7, 11) is 0. The molecule has 1 aromatic carbocycles. The van der Waals surface area contributed by atoms with Gasteiger partial charge in [0.1, 0.15) is 6.04 Å². The van der Waals surface area contributed by atoms with Crippen molar-refractivity contribution >= 4 is 18.0 Å². The molecule has 1 atom stereocenters. The maximum atomic E-state index is 12.6. The first-order valence-electron chi connectivity index (χ1n) is 7.88. The van der Waals surface area contributed by atoms with E-state index in [1.807, 2.05) is 12.1 Å². The Morgan fingerprint density at radius 3 is 2.33 bits per heavy atom. The van der Waals surface area contributed by atoms with E-state index in [0.717, 1.165) is 10.6 Å². The van der Waals surface area contributed by atoms with E-state index in [2.05, 4.69) is 5.43 Å². The summed E-state index contributed by atoms with van der Waals surface area (Å²) in [6.45, 7) is 6.75. The van der Waals surface area contributed by atoms with Crippen molar-refractivity contribution in [3.05, 3.63) is 35.4 Å². The van der Waals surface area contributed by atoms with Gasteiger partial charge in [0.2, 0.25) is 0 Å². The molecule has 0 heterocycles. The van der Waals surface area contributed by atoms with Crippen LogP contribution in [0.1, 0.15) is 43.6 Å². The third kappa shape index (κ3) is 4.04. The summed E-state index contributed by atoms with van der Waals surface area (Å²) >= 11 is 0. The highest BCUT2D eigenvalue weighted by atomic mass is 16.6. The number of fused-ring (bicyclic) bond motifs is 1. The first kappa shape index (κ1) is 17.8. The van der Waals surface area contributed by atoms with Crippen LogP contribution >= 0.6 is 0 Å². The fraction of sp³-hybridized carbons (Fsp3) is 0.471. The number of benzene rings is 1. The SMILES string of the molecule is CC(C)OC(=O)NN(C(=O)OC(C)C)[C@H]1Cc2ccccc2C1=O. The molecule has 0 saturated heterocycles. The normalized spacial score (nSPS) is 16.1. The fourth-order valence-electron chi connectivity index (χ4n) is 2.48. The predicted octanol–water partition coefficient (Wildman–Crippen LogP) is 2.69. The number of hydrogen-bond acceptors (Lipinski definition) is 5. The first-order valence-corrected chi connectivity index (χ1v) is 7.88.